The summed E-state index contributed by atoms with van der Waals surface area (Å²) in [4.78, 5) is 25.3. The van der Waals surface area contributed by atoms with E-state index in [1.54, 1.807) is 29.2 Å². The van der Waals surface area contributed by atoms with Gasteiger partial charge in [0.15, 0.2) is 5.76 Å². The molecular formula is C18H18FNO4. The number of aliphatic carboxylic acids is 1. The molecule has 1 aromatic carbocycles. The highest BCUT2D eigenvalue weighted by molar-refractivity contribution is 5.92. The van der Waals surface area contributed by atoms with E-state index in [-0.39, 0.29) is 17.6 Å². The van der Waals surface area contributed by atoms with E-state index in [4.69, 9.17) is 9.52 Å². The molecule has 126 valence electrons. The van der Waals surface area contributed by atoms with Crippen LogP contribution in [0.25, 0.3) is 11.3 Å². The smallest absolute Gasteiger partial charge is 0.306 e. The van der Waals surface area contributed by atoms with Gasteiger partial charge in [-0.15, -0.1) is 0 Å². The Kier molecular flexibility index (Phi) is 4.38. The van der Waals surface area contributed by atoms with E-state index in [0.717, 1.165) is 0 Å². The van der Waals surface area contributed by atoms with Crippen molar-refractivity contribution in [2.75, 3.05) is 13.1 Å². The second-order valence-corrected chi connectivity index (χ2v) is 6.11. The van der Waals surface area contributed by atoms with Crippen molar-refractivity contribution in [1.29, 1.82) is 0 Å². The first-order valence-electron chi connectivity index (χ1n) is 7.84. The molecule has 2 unspecified atom stereocenters. The van der Waals surface area contributed by atoms with E-state index >= 15 is 0 Å². The number of halogens is 1. The molecule has 3 rings (SSSR count). The minimum absolute atomic E-state index is 0.124. The van der Waals surface area contributed by atoms with Crippen molar-refractivity contribution in [2.24, 2.45) is 11.8 Å². The van der Waals surface area contributed by atoms with Crippen molar-refractivity contribution in [3.63, 3.8) is 0 Å². The van der Waals surface area contributed by atoms with Gasteiger partial charge in [-0.05, 0) is 36.6 Å². The fourth-order valence-corrected chi connectivity index (χ4v) is 3.11. The second kappa shape index (κ2) is 6.47. The molecule has 1 aromatic heterocycles. The fourth-order valence-electron chi connectivity index (χ4n) is 3.11. The van der Waals surface area contributed by atoms with Crippen molar-refractivity contribution >= 4 is 11.9 Å². The Labute approximate surface area is 138 Å². The summed E-state index contributed by atoms with van der Waals surface area (Å²) in [6, 6.07) is 9.29. The van der Waals surface area contributed by atoms with E-state index in [1.807, 2.05) is 6.92 Å². The first-order valence-corrected chi connectivity index (χ1v) is 7.84. The number of benzene rings is 1. The van der Waals surface area contributed by atoms with Crippen LogP contribution in [0.1, 0.15) is 23.9 Å². The monoisotopic (exact) mass is 331 g/mol. The maximum absolute atomic E-state index is 13.8. The molecule has 0 spiro atoms. The lowest BCUT2D eigenvalue weighted by atomic mass is 9.87. The molecule has 1 aliphatic heterocycles. The van der Waals surface area contributed by atoms with E-state index in [9.17, 15) is 14.0 Å². The summed E-state index contributed by atoms with van der Waals surface area (Å²) in [5.74, 6) is -1.66. The van der Waals surface area contributed by atoms with Crippen LogP contribution in [0, 0.1) is 17.7 Å². The van der Waals surface area contributed by atoms with Crippen LogP contribution in [0.4, 0.5) is 4.39 Å². The second-order valence-electron chi connectivity index (χ2n) is 6.11. The Balaban J connectivity index is 1.75. The highest BCUT2D eigenvalue weighted by Crippen LogP contribution is 2.28. The molecular weight excluding hydrogens is 313 g/mol. The lowest BCUT2D eigenvalue weighted by Crippen LogP contribution is -2.44. The summed E-state index contributed by atoms with van der Waals surface area (Å²) in [7, 11) is 0. The molecule has 0 bridgehead atoms. The lowest BCUT2D eigenvalue weighted by molar-refractivity contribution is -0.145. The molecule has 0 aliphatic carbocycles. The number of nitrogens with zero attached hydrogens (tertiary/aromatic N) is 1. The Bertz CT molecular complexity index is 770. The molecule has 24 heavy (non-hydrogen) atoms. The van der Waals surface area contributed by atoms with Crippen molar-refractivity contribution in [3.05, 3.63) is 48.0 Å². The zero-order chi connectivity index (χ0) is 17.3. The van der Waals surface area contributed by atoms with Gasteiger partial charge in [-0.3, -0.25) is 9.59 Å². The van der Waals surface area contributed by atoms with Gasteiger partial charge in [-0.25, -0.2) is 4.39 Å². The van der Waals surface area contributed by atoms with Crippen LogP contribution in [0.15, 0.2) is 40.8 Å². The molecule has 2 atom stereocenters. The third kappa shape index (κ3) is 3.04. The zero-order valence-electron chi connectivity index (χ0n) is 13.2. The maximum atomic E-state index is 13.8. The van der Waals surface area contributed by atoms with Crippen LogP contribution >= 0.6 is 0 Å². The number of carboxylic acids is 1. The summed E-state index contributed by atoms with van der Waals surface area (Å²) < 4.78 is 19.3. The molecule has 1 N–H and O–H groups in total. The van der Waals surface area contributed by atoms with E-state index in [1.165, 1.54) is 12.1 Å². The quantitative estimate of drug-likeness (QED) is 0.937. The summed E-state index contributed by atoms with van der Waals surface area (Å²) in [6.07, 6.45) is 0.420. The largest absolute Gasteiger partial charge is 0.481 e. The average molecular weight is 331 g/mol. The zero-order valence-corrected chi connectivity index (χ0v) is 13.2. The van der Waals surface area contributed by atoms with Crippen LogP contribution in [-0.4, -0.2) is 35.0 Å². The molecule has 1 saturated heterocycles. The summed E-state index contributed by atoms with van der Waals surface area (Å²) in [5.41, 5.74) is 0.300. The highest BCUT2D eigenvalue weighted by atomic mass is 19.1. The average Bonchev–Trinajstić information content (AvgIpc) is 3.03. The number of carboxylic acid groups (broad SMARTS) is 1. The molecule has 6 heteroatoms. The maximum Gasteiger partial charge on any atom is 0.306 e. The molecule has 2 heterocycles. The van der Waals surface area contributed by atoms with Gasteiger partial charge in [0, 0.05) is 13.1 Å². The number of carbonyl (C=O) groups excluding carboxylic acids is 1. The molecule has 5 nitrogen and oxygen atoms in total. The number of furan rings is 1. The number of amides is 1. The number of hydrogen-bond acceptors (Lipinski definition) is 3. The number of likely N-dealkylation sites (tertiary alicyclic amines) is 1. The summed E-state index contributed by atoms with van der Waals surface area (Å²) >= 11 is 0. The minimum Gasteiger partial charge on any atom is -0.481 e. The van der Waals surface area contributed by atoms with Crippen LogP contribution in [0.3, 0.4) is 0 Å². The molecule has 1 fully saturated rings. The topological polar surface area (TPSA) is 70.8 Å². The number of rotatable bonds is 3. The highest BCUT2D eigenvalue weighted by Gasteiger charge is 2.34. The molecule has 0 saturated carbocycles. The number of piperidine rings is 1. The SMILES string of the molecule is CC1CN(C(=O)c2ccc(-c3ccccc3F)o2)CCC1C(=O)O. The van der Waals surface area contributed by atoms with Gasteiger partial charge in [0.2, 0.25) is 0 Å². The molecule has 2 aromatic rings. The summed E-state index contributed by atoms with van der Waals surface area (Å²) in [6.45, 7) is 2.56. The van der Waals surface area contributed by atoms with Crippen LogP contribution < -0.4 is 0 Å². The van der Waals surface area contributed by atoms with E-state index in [0.29, 0.717) is 30.8 Å². The van der Waals surface area contributed by atoms with Crippen molar-refractivity contribution in [3.8, 4) is 11.3 Å². The first-order chi connectivity index (χ1) is 11.5. The molecule has 0 radical (unpaired) electrons. The molecule has 1 amide bonds. The molecule has 1 aliphatic rings. The standard InChI is InChI=1S/C18H18FNO4/c1-11-10-20(9-8-12(11)18(22)23)17(21)16-7-6-15(24-16)13-4-2-3-5-14(13)19/h2-7,11-12H,8-10H2,1H3,(H,22,23). The van der Waals surface area contributed by atoms with Crippen molar-refractivity contribution in [2.45, 2.75) is 13.3 Å². The van der Waals surface area contributed by atoms with Gasteiger partial charge < -0.3 is 14.4 Å². The Morgan fingerprint density at radius 2 is 2.00 bits per heavy atom. The van der Waals surface area contributed by atoms with Gasteiger partial charge in [-0.1, -0.05) is 19.1 Å². The number of carbonyl (C=O) groups is 2. The predicted molar refractivity (Wildman–Crippen MR) is 84.9 cm³/mol. The fraction of sp³-hybridized carbons (Fsp3) is 0.333. The third-order valence-electron chi connectivity index (χ3n) is 4.47. The van der Waals surface area contributed by atoms with Gasteiger partial charge >= 0.3 is 5.97 Å². The Morgan fingerprint density at radius 3 is 2.67 bits per heavy atom. The van der Waals surface area contributed by atoms with Gasteiger partial charge in [0.1, 0.15) is 11.6 Å². The predicted octanol–water partition coefficient (Wildman–Crippen LogP) is 3.27. The van der Waals surface area contributed by atoms with Crippen molar-refractivity contribution in [1.82, 2.24) is 4.90 Å². The Morgan fingerprint density at radius 1 is 1.25 bits per heavy atom. The van der Waals surface area contributed by atoms with Crippen LogP contribution in [-0.2, 0) is 4.79 Å². The third-order valence-corrected chi connectivity index (χ3v) is 4.47. The van der Waals surface area contributed by atoms with Crippen LogP contribution in [0.5, 0.6) is 0 Å². The Hall–Kier alpha value is -2.63. The van der Waals surface area contributed by atoms with Crippen LogP contribution in [0.2, 0.25) is 0 Å². The van der Waals surface area contributed by atoms with E-state index < -0.39 is 17.7 Å². The normalized spacial score (nSPS) is 20.8. The first kappa shape index (κ1) is 16.2. The van der Waals surface area contributed by atoms with E-state index in [2.05, 4.69) is 0 Å². The summed E-state index contributed by atoms with van der Waals surface area (Å²) in [5, 5.41) is 9.15. The van der Waals surface area contributed by atoms with Gasteiger partial charge in [0.25, 0.3) is 5.91 Å². The van der Waals surface area contributed by atoms with Gasteiger partial charge in [0.05, 0.1) is 11.5 Å². The lowest BCUT2D eigenvalue weighted by Gasteiger charge is -2.34. The minimum atomic E-state index is -0.825. The number of hydrogen-bond donors (Lipinski definition) is 1. The van der Waals surface area contributed by atoms with Crippen molar-refractivity contribution < 1.29 is 23.5 Å². The van der Waals surface area contributed by atoms with Gasteiger partial charge in [-0.2, -0.15) is 0 Å².